The number of carbonyl (C=O) groups excluding carboxylic acids is 1. The number of halogens is 4. The SMILES string of the molecule is O=C(OCCCO)c1cc(Oc2ccc(C(F)(F)F)cc2Cl)ccc1[N+](=O)[O-]. The molecule has 2 aromatic rings. The molecule has 2 rings (SSSR count). The van der Waals surface area contributed by atoms with Crippen molar-refractivity contribution in [3.05, 3.63) is 62.7 Å². The average molecular weight is 420 g/mol. The molecule has 0 saturated heterocycles. The summed E-state index contributed by atoms with van der Waals surface area (Å²) in [6.45, 7) is -0.382. The zero-order chi connectivity index (χ0) is 20.9. The number of hydrogen-bond donors (Lipinski definition) is 1. The first-order valence-corrected chi connectivity index (χ1v) is 8.12. The molecule has 2 aromatic carbocycles. The van der Waals surface area contributed by atoms with Crippen molar-refractivity contribution in [3.8, 4) is 11.5 Å². The first-order chi connectivity index (χ1) is 13.1. The summed E-state index contributed by atoms with van der Waals surface area (Å²) >= 11 is 5.81. The molecule has 0 bridgehead atoms. The number of rotatable bonds is 7. The van der Waals surface area contributed by atoms with Gasteiger partial charge in [-0.25, -0.2) is 4.79 Å². The van der Waals surface area contributed by atoms with Gasteiger partial charge in [0.25, 0.3) is 5.69 Å². The van der Waals surface area contributed by atoms with E-state index in [1.807, 2.05) is 0 Å². The molecule has 0 amide bonds. The molecule has 0 aliphatic heterocycles. The van der Waals surface area contributed by atoms with Crippen molar-refractivity contribution in [1.82, 2.24) is 0 Å². The number of aliphatic hydroxyl groups is 1. The minimum absolute atomic E-state index is 0.0682. The van der Waals surface area contributed by atoms with Gasteiger partial charge in [0.05, 0.1) is 22.1 Å². The van der Waals surface area contributed by atoms with Crippen molar-refractivity contribution >= 4 is 23.3 Å². The minimum atomic E-state index is -4.58. The number of hydrogen-bond acceptors (Lipinski definition) is 6. The van der Waals surface area contributed by atoms with E-state index in [4.69, 9.17) is 26.2 Å². The van der Waals surface area contributed by atoms with Gasteiger partial charge in [0, 0.05) is 25.2 Å². The number of ether oxygens (including phenoxy) is 2. The smallest absolute Gasteiger partial charge is 0.416 e. The van der Waals surface area contributed by atoms with Gasteiger partial charge in [-0.2, -0.15) is 13.2 Å². The number of nitro benzene ring substituents is 1. The molecule has 0 aliphatic rings. The van der Waals surface area contributed by atoms with Crippen LogP contribution in [0.4, 0.5) is 18.9 Å². The van der Waals surface area contributed by atoms with E-state index in [2.05, 4.69) is 0 Å². The molecule has 0 fully saturated rings. The van der Waals surface area contributed by atoms with Crippen LogP contribution < -0.4 is 4.74 Å². The Labute approximate surface area is 161 Å². The fourth-order valence-electron chi connectivity index (χ4n) is 2.10. The Balaban J connectivity index is 2.30. The number of nitrogens with zero attached hydrogens (tertiary/aromatic N) is 1. The maximum absolute atomic E-state index is 12.7. The lowest BCUT2D eigenvalue weighted by molar-refractivity contribution is -0.385. The number of benzene rings is 2. The highest BCUT2D eigenvalue weighted by Crippen LogP contribution is 2.37. The lowest BCUT2D eigenvalue weighted by Gasteiger charge is -2.12. The van der Waals surface area contributed by atoms with E-state index in [-0.39, 0.29) is 36.2 Å². The normalized spacial score (nSPS) is 11.2. The Hall–Kier alpha value is -2.85. The number of alkyl halides is 3. The molecule has 150 valence electrons. The van der Waals surface area contributed by atoms with Gasteiger partial charge in [0.15, 0.2) is 0 Å². The lowest BCUT2D eigenvalue weighted by atomic mass is 10.1. The summed E-state index contributed by atoms with van der Waals surface area (Å²) in [5.74, 6) is -1.21. The van der Waals surface area contributed by atoms with Crippen molar-refractivity contribution in [1.29, 1.82) is 0 Å². The largest absolute Gasteiger partial charge is 0.462 e. The maximum Gasteiger partial charge on any atom is 0.416 e. The third-order valence-corrected chi connectivity index (χ3v) is 3.70. The van der Waals surface area contributed by atoms with Crippen LogP contribution in [0.5, 0.6) is 11.5 Å². The molecule has 0 aromatic heterocycles. The van der Waals surface area contributed by atoms with Gasteiger partial charge in [-0.3, -0.25) is 10.1 Å². The Morgan fingerprint density at radius 1 is 1.21 bits per heavy atom. The Bertz CT molecular complexity index is 888. The van der Waals surface area contributed by atoms with Gasteiger partial charge in [-0.15, -0.1) is 0 Å². The standard InChI is InChI=1S/C17H13ClF3NO6/c18-13-8-10(17(19,20)21)2-5-15(13)28-11-3-4-14(22(25)26)12(9-11)16(24)27-7-1-6-23/h2-5,8-9,23H,1,6-7H2. The van der Waals surface area contributed by atoms with Crippen LogP contribution in [0, 0.1) is 10.1 Å². The summed E-state index contributed by atoms with van der Waals surface area (Å²) in [4.78, 5) is 22.4. The quantitative estimate of drug-likeness (QED) is 0.305. The van der Waals surface area contributed by atoms with Crippen molar-refractivity contribution in [2.24, 2.45) is 0 Å². The molecule has 0 radical (unpaired) electrons. The Kier molecular flexibility index (Phi) is 6.81. The minimum Gasteiger partial charge on any atom is -0.462 e. The van der Waals surface area contributed by atoms with E-state index in [9.17, 15) is 28.1 Å². The molecule has 0 atom stereocenters. The molecule has 11 heteroatoms. The average Bonchev–Trinajstić information content (AvgIpc) is 2.62. The molecule has 0 saturated carbocycles. The fraction of sp³-hybridized carbons (Fsp3) is 0.235. The molecule has 0 spiro atoms. The van der Waals surface area contributed by atoms with Crippen molar-refractivity contribution in [3.63, 3.8) is 0 Å². The Morgan fingerprint density at radius 2 is 1.93 bits per heavy atom. The second-order valence-electron chi connectivity index (χ2n) is 5.39. The van der Waals surface area contributed by atoms with E-state index in [0.29, 0.717) is 6.07 Å². The summed E-state index contributed by atoms with van der Waals surface area (Å²) in [6.07, 6.45) is -4.43. The lowest BCUT2D eigenvalue weighted by Crippen LogP contribution is -2.10. The van der Waals surface area contributed by atoms with Crippen LogP contribution in [-0.2, 0) is 10.9 Å². The number of aliphatic hydroxyl groups excluding tert-OH is 1. The maximum atomic E-state index is 12.7. The first-order valence-electron chi connectivity index (χ1n) is 7.74. The zero-order valence-electron chi connectivity index (χ0n) is 14.0. The van der Waals surface area contributed by atoms with E-state index in [1.165, 1.54) is 0 Å². The van der Waals surface area contributed by atoms with Gasteiger partial charge in [0.2, 0.25) is 0 Å². The summed E-state index contributed by atoms with van der Waals surface area (Å²) < 4.78 is 48.2. The fourth-order valence-corrected chi connectivity index (χ4v) is 2.31. The molecule has 28 heavy (non-hydrogen) atoms. The third kappa shape index (κ3) is 5.33. The van der Waals surface area contributed by atoms with Gasteiger partial charge in [-0.1, -0.05) is 11.6 Å². The predicted octanol–water partition coefficient (Wildman–Crippen LogP) is 4.60. The molecule has 0 heterocycles. The summed E-state index contributed by atoms with van der Waals surface area (Å²) in [6, 6.07) is 5.61. The summed E-state index contributed by atoms with van der Waals surface area (Å²) in [5.41, 5.74) is -1.93. The summed E-state index contributed by atoms with van der Waals surface area (Å²) in [5, 5.41) is 19.5. The number of nitro groups is 1. The van der Waals surface area contributed by atoms with Crippen LogP contribution in [0.3, 0.4) is 0 Å². The van der Waals surface area contributed by atoms with Crippen LogP contribution in [0.25, 0.3) is 0 Å². The van der Waals surface area contributed by atoms with Crippen LogP contribution in [0.2, 0.25) is 5.02 Å². The van der Waals surface area contributed by atoms with Gasteiger partial charge < -0.3 is 14.6 Å². The van der Waals surface area contributed by atoms with Crippen molar-refractivity contribution < 1.29 is 37.5 Å². The first kappa shape index (κ1) is 21.5. The van der Waals surface area contributed by atoms with E-state index >= 15 is 0 Å². The topological polar surface area (TPSA) is 98.9 Å². The number of carbonyl (C=O) groups is 1. The van der Waals surface area contributed by atoms with E-state index < -0.39 is 33.9 Å². The molecule has 0 unspecified atom stereocenters. The number of esters is 1. The third-order valence-electron chi connectivity index (χ3n) is 3.41. The van der Waals surface area contributed by atoms with Crippen LogP contribution in [0.1, 0.15) is 22.3 Å². The van der Waals surface area contributed by atoms with E-state index in [1.54, 1.807) is 0 Å². The van der Waals surface area contributed by atoms with Gasteiger partial charge in [0.1, 0.15) is 17.1 Å². The molecular weight excluding hydrogens is 407 g/mol. The predicted molar refractivity (Wildman–Crippen MR) is 91.6 cm³/mol. The van der Waals surface area contributed by atoms with Crippen LogP contribution in [-0.4, -0.2) is 29.2 Å². The van der Waals surface area contributed by atoms with Gasteiger partial charge in [-0.05, 0) is 24.3 Å². The van der Waals surface area contributed by atoms with Crippen LogP contribution in [0.15, 0.2) is 36.4 Å². The molecule has 0 aliphatic carbocycles. The molecular formula is C17H13ClF3NO6. The zero-order valence-corrected chi connectivity index (χ0v) is 14.8. The van der Waals surface area contributed by atoms with Gasteiger partial charge >= 0.3 is 12.1 Å². The summed E-state index contributed by atoms with van der Waals surface area (Å²) in [7, 11) is 0. The molecule has 7 nitrogen and oxygen atoms in total. The highest BCUT2D eigenvalue weighted by Gasteiger charge is 2.31. The second-order valence-corrected chi connectivity index (χ2v) is 5.80. The Morgan fingerprint density at radius 3 is 2.50 bits per heavy atom. The highest BCUT2D eigenvalue weighted by atomic mass is 35.5. The van der Waals surface area contributed by atoms with Crippen molar-refractivity contribution in [2.45, 2.75) is 12.6 Å². The highest BCUT2D eigenvalue weighted by molar-refractivity contribution is 6.32. The molecule has 1 N–H and O–H groups in total. The van der Waals surface area contributed by atoms with Crippen molar-refractivity contribution in [2.75, 3.05) is 13.2 Å². The second kappa shape index (κ2) is 8.89. The van der Waals surface area contributed by atoms with E-state index in [0.717, 1.165) is 30.3 Å². The monoisotopic (exact) mass is 419 g/mol. The van der Waals surface area contributed by atoms with Crippen LogP contribution >= 0.6 is 11.6 Å².